The lowest BCUT2D eigenvalue weighted by Gasteiger charge is -2.33. The molecule has 1 aromatic rings. The molecule has 0 spiro atoms. The minimum Gasteiger partial charge on any atom is -0.445 e. The van der Waals surface area contributed by atoms with E-state index >= 15 is 0 Å². The Hall–Kier alpha value is -2.15. The van der Waals surface area contributed by atoms with E-state index < -0.39 is 17.5 Å². The van der Waals surface area contributed by atoms with Crippen molar-refractivity contribution in [2.24, 2.45) is 0 Å². The molecule has 1 aliphatic heterocycles. The fourth-order valence-corrected chi connectivity index (χ4v) is 2.49. The Labute approximate surface area is 134 Å². The molecule has 1 heterocycles. The number of cyclic esters (lactones) is 1. The van der Waals surface area contributed by atoms with Gasteiger partial charge in [-0.25, -0.2) is 4.79 Å². The number of hydrogen-bond donors (Lipinski definition) is 3. The van der Waals surface area contributed by atoms with Gasteiger partial charge in [0.25, 0.3) is 5.91 Å². The van der Waals surface area contributed by atoms with Crippen molar-refractivity contribution in [3.8, 4) is 0 Å². The van der Waals surface area contributed by atoms with Crippen LogP contribution in [0.2, 0.25) is 0 Å². The van der Waals surface area contributed by atoms with Crippen LogP contribution in [-0.4, -0.2) is 28.6 Å². The number of hydrogen-bond acceptors (Lipinski definition) is 4. The van der Waals surface area contributed by atoms with Crippen LogP contribution in [0, 0.1) is 0 Å². The largest absolute Gasteiger partial charge is 0.445 e. The van der Waals surface area contributed by atoms with E-state index in [1.807, 2.05) is 26.0 Å². The fraction of sp³-hybridized carbons (Fsp3) is 0.400. The number of esters is 1. The molecule has 0 aromatic heterocycles. The maximum Gasteiger partial charge on any atom is 0.339 e. The number of ether oxygens (including phenoxy) is 1. The van der Waals surface area contributed by atoms with Gasteiger partial charge in [0, 0.05) is 12.5 Å². The summed E-state index contributed by atoms with van der Waals surface area (Å²) in [5, 5.41) is 3.24. The zero-order chi connectivity index (χ0) is 16.3. The highest BCUT2D eigenvalue weighted by Crippen LogP contribution is 2.28. The predicted molar refractivity (Wildman–Crippen MR) is 86.1 cm³/mol. The first kappa shape index (κ1) is 16.2. The lowest BCUT2D eigenvalue weighted by atomic mass is 9.89. The van der Waals surface area contributed by atoms with Gasteiger partial charge in [-0.05, 0) is 44.6 Å². The van der Waals surface area contributed by atoms with Gasteiger partial charge < -0.3 is 10.1 Å². The molecule has 0 saturated carbocycles. The summed E-state index contributed by atoms with van der Waals surface area (Å²) in [6.07, 6.45) is 0.312. The van der Waals surface area contributed by atoms with Crippen molar-refractivity contribution < 1.29 is 14.3 Å². The summed E-state index contributed by atoms with van der Waals surface area (Å²) in [7, 11) is 0. The second-order valence-electron chi connectivity index (χ2n) is 5.66. The molecule has 1 aliphatic rings. The number of fused-ring (bicyclic) bond motifs is 1. The average molecular weight is 321 g/mol. The molecular formula is C15H19N3O3S. The van der Waals surface area contributed by atoms with Crippen LogP contribution in [0.3, 0.4) is 0 Å². The first-order chi connectivity index (χ1) is 10.3. The van der Waals surface area contributed by atoms with Crippen LogP contribution in [0.15, 0.2) is 24.3 Å². The van der Waals surface area contributed by atoms with Gasteiger partial charge in [0.2, 0.25) is 0 Å². The first-order valence-corrected chi connectivity index (χ1v) is 7.41. The maximum atomic E-state index is 12.3. The Morgan fingerprint density at radius 3 is 2.68 bits per heavy atom. The maximum absolute atomic E-state index is 12.3. The van der Waals surface area contributed by atoms with Crippen LogP contribution in [0.25, 0.3) is 0 Å². The highest BCUT2D eigenvalue weighted by molar-refractivity contribution is 7.80. The quantitative estimate of drug-likeness (QED) is 0.429. The van der Waals surface area contributed by atoms with Gasteiger partial charge in [-0.3, -0.25) is 15.6 Å². The van der Waals surface area contributed by atoms with Crippen LogP contribution in [0.1, 0.15) is 36.7 Å². The van der Waals surface area contributed by atoms with Crippen molar-refractivity contribution >= 4 is 29.2 Å². The molecule has 1 unspecified atom stereocenters. The third-order valence-electron chi connectivity index (χ3n) is 3.27. The van der Waals surface area contributed by atoms with E-state index in [0.29, 0.717) is 17.1 Å². The third kappa shape index (κ3) is 3.54. The van der Waals surface area contributed by atoms with Crippen molar-refractivity contribution in [3.63, 3.8) is 0 Å². The number of hydrazine groups is 1. The zero-order valence-corrected chi connectivity index (χ0v) is 13.5. The molecule has 22 heavy (non-hydrogen) atoms. The molecular weight excluding hydrogens is 302 g/mol. The monoisotopic (exact) mass is 321 g/mol. The molecule has 1 aromatic carbocycles. The van der Waals surface area contributed by atoms with Gasteiger partial charge in [0.15, 0.2) is 10.7 Å². The lowest BCUT2D eigenvalue weighted by Crippen LogP contribution is -2.57. The second kappa shape index (κ2) is 6.31. The van der Waals surface area contributed by atoms with E-state index in [2.05, 4.69) is 16.2 Å². The minimum atomic E-state index is -1.27. The molecule has 1 atom stereocenters. The van der Waals surface area contributed by atoms with E-state index in [1.54, 1.807) is 19.1 Å². The SMILES string of the molecule is CC(C)NC(=S)NNC(=O)C1(C)Cc2ccccc2C(=O)O1. The molecule has 0 fully saturated rings. The summed E-state index contributed by atoms with van der Waals surface area (Å²) in [5.41, 5.74) is 5.10. The van der Waals surface area contributed by atoms with E-state index in [0.717, 1.165) is 5.56 Å². The Morgan fingerprint density at radius 1 is 1.32 bits per heavy atom. The Kier molecular flexibility index (Phi) is 4.65. The molecule has 0 saturated heterocycles. The zero-order valence-electron chi connectivity index (χ0n) is 12.7. The van der Waals surface area contributed by atoms with Gasteiger partial charge >= 0.3 is 5.97 Å². The molecule has 0 radical (unpaired) electrons. The smallest absolute Gasteiger partial charge is 0.339 e. The standard InChI is InChI=1S/C15H19N3O3S/c1-9(2)16-14(22)18-17-13(20)15(3)8-10-6-4-5-7-11(10)12(19)21-15/h4-7,9H,8H2,1-3H3,(H,17,20)(H2,16,18,22). The first-order valence-electron chi connectivity index (χ1n) is 7.00. The molecule has 0 aliphatic carbocycles. The van der Waals surface area contributed by atoms with Crippen LogP contribution >= 0.6 is 12.2 Å². The van der Waals surface area contributed by atoms with Gasteiger partial charge in [0.1, 0.15) is 0 Å². The molecule has 2 rings (SSSR count). The molecule has 118 valence electrons. The molecule has 1 amide bonds. The topological polar surface area (TPSA) is 79.5 Å². The van der Waals surface area contributed by atoms with Crippen molar-refractivity contribution in [1.82, 2.24) is 16.2 Å². The van der Waals surface area contributed by atoms with Crippen LogP contribution in [0.4, 0.5) is 0 Å². The van der Waals surface area contributed by atoms with E-state index in [4.69, 9.17) is 17.0 Å². The van der Waals surface area contributed by atoms with E-state index in [1.165, 1.54) is 0 Å². The Balaban J connectivity index is 2.04. The van der Waals surface area contributed by atoms with Crippen LogP contribution < -0.4 is 16.2 Å². The fourth-order valence-electron chi connectivity index (χ4n) is 2.20. The summed E-state index contributed by atoms with van der Waals surface area (Å²) < 4.78 is 5.32. The average Bonchev–Trinajstić information content (AvgIpc) is 2.43. The number of carbonyl (C=O) groups is 2. The Morgan fingerprint density at radius 2 is 2.00 bits per heavy atom. The second-order valence-corrected chi connectivity index (χ2v) is 6.07. The highest BCUT2D eigenvalue weighted by atomic mass is 32.1. The third-order valence-corrected chi connectivity index (χ3v) is 3.49. The van der Waals surface area contributed by atoms with Gasteiger partial charge in [0.05, 0.1) is 5.56 Å². The van der Waals surface area contributed by atoms with E-state index in [-0.39, 0.29) is 6.04 Å². The van der Waals surface area contributed by atoms with Crippen LogP contribution in [0.5, 0.6) is 0 Å². The highest BCUT2D eigenvalue weighted by Gasteiger charge is 2.42. The normalized spacial score (nSPS) is 19.9. The van der Waals surface area contributed by atoms with Crippen molar-refractivity contribution in [3.05, 3.63) is 35.4 Å². The van der Waals surface area contributed by atoms with Gasteiger partial charge in [-0.1, -0.05) is 18.2 Å². The lowest BCUT2D eigenvalue weighted by molar-refractivity contribution is -0.140. The summed E-state index contributed by atoms with van der Waals surface area (Å²) in [6.45, 7) is 5.44. The summed E-state index contributed by atoms with van der Waals surface area (Å²) in [5.74, 6) is -0.953. The number of thiocarbonyl (C=S) groups is 1. The number of benzene rings is 1. The van der Waals surface area contributed by atoms with Crippen molar-refractivity contribution in [1.29, 1.82) is 0 Å². The number of nitrogens with one attached hydrogen (secondary N) is 3. The molecule has 7 heteroatoms. The number of carbonyl (C=O) groups excluding carboxylic acids is 2. The Bertz CT molecular complexity index is 618. The van der Waals surface area contributed by atoms with Crippen molar-refractivity contribution in [2.75, 3.05) is 0 Å². The minimum absolute atomic E-state index is 0.145. The summed E-state index contributed by atoms with van der Waals surface area (Å²) >= 11 is 5.03. The van der Waals surface area contributed by atoms with Crippen molar-refractivity contribution in [2.45, 2.75) is 38.8 Å². The predicted octanol–water partition coefficient (Wildman–Crippen LogP) is 1.06. The van der Waals surface area contributed by atoms with Gasteiger partial charge in [-0.15, -0.1) is 0 Å². The van der Waals surface area contributed by atoms with Gasteiger partial charge in [-0.2, -0.15) is 0 Å². The summed E-state index contributed by atoms with van der Waals surface area (Å²) in [4.78, 5) is 24.4. The molecule has 3 N–H and O–H groups in total. The number of amides is 1. The van der Waals surface area contributed by atoms with E-state index in [9.17, 15) is 9.59 Å². The van der Waals surface area contributed by atoms with Crippen LogP contribution in [-0.2, 0) is 16.0 Å². The molecule has 0 bridgehead atoms. The summed E-state index contributed by atoms with van der Waals surface area (Å²) in [6, 6.07) is 7.25. The number of rotatable bonds is 2. The molecule has 6 nitrogen and oxygen atoms in total.